The molecule has 0 bridgehead atoms. The summed E-state index contributed by atoms with van der Waals surface area (Å²) in [5, 5.41) is 12.8. The number of carbonyl (C=O) groups is 1. The van der Waals surface area contributed by atoms with Crippen molar-refractivity contribution in [2.45, 2.75) is 13.8 Å². The van der Waals surface area contributed by atoms with Crippen LogP contribution in [-0.4, -0.2) is 17.6 Å². The molecule has 0 saturated carbocycles. The summed E-state index contributed by atoms with van der Waals surface area (Å²) in [7, 11) is 1.59. The molecule has 0 saturated heterocycles. The molecule has 0 atom stereocenters. The predicted octanol–water partition coefficient (Wildman–Crippen LogP) is 3.67. The van der Waals surface area contributed by atoms with E-state index >= 15 is 0 Å². The molecular formula is C28H23N3O3S. The standard InChI is InChI=1S/C28H23N3O3S/c1-18-9-12-21(15-19(18)2)30-26(32)24(17-29)28-31(22-7-5-4-6-8-22)27(33)25(35-28)16-20-10-13-23(34-3)14-11-20/h4-16H,1-3H3,(H,30,32). The van der Waals surface area contributed by atoms with Gasteiger partial charge in [0.25, 0.3) is 11.5 Å². The number of thiazole rings is 1. The van der Waals surface area contributed by atoms with Crippen molar-refractivity contribution in [1.82, 2.24) is 4.57 Å². The Bertz CT molecular complexity index is 1610. The highest BCUT2D eigenvalue weighted by Crippen LogP contribution is 2.15. The highest BCUT2D eigenvalue weighted by atomic mass is 32.1. The van der Waals surface area contributed by atoms with Crippen molar-refractivity contribution >= 4 is 34.6 Å². The molecule has 3 aromatic carbocycles. The molecule has 4 rings (SSSR count). The van der Waals surface area contributed by atoms with Crippen LogP contribution in [0, 0.1) is 25.2 Å². The van der Waals surface area contributed by atoms with Crippen molar-refractivity contribution in [2.75, 3.05) is 12.4 Å². The van der Waals surface area contributed by atoms with E-state index in [1.165, 1.54) is 4.57 Å². The molecule has 0 unspecified atom stereocenters. The SMILES string of the molecule is COc1ccc(C=c2sc(=C(C#N)C(=O)Nc3ccc(C)c(C)c3)n(-c3ccccc3)c2=O)cc1. The number of ether oxygens (including phenoxy) is 1. The normalized spacial score (nSPS) is 12.1. The number of hydrogen-bond donors (Lipinski definition) is 1. The van der Waals surface area contributed by atoms with Crippen LogP contribution < -0.4 is 24.8 Å². The van der Waals surface area contributed by atoms with Gasteiger partial charge in [-0.1, -0.05) is 36.4 Å². The number of para-hydroxylation sites is 1. The summed E-state index contributed by atoms with van der Waals surface area (Å²) in [4.78, 5) is 26.6. The number of methoxy groups -OCH3 is 1. The lowest BCUT2D eigenvalue weighted by molar-refractivity contribution is -0.111. The fourth-order valence-electron chi connectivity index (χ4n) is 3.52. The van der Waals surface area contributed by atoms with Crippen LogP contribution in [0.4, 0.5) is 5.69 Å². The molecule has 7 heteroatoms. The van der Waals surface area contributed by atoms with Crippen LogP contribution in [0.25, 0.3) is 17.3 Å². The third-order valence-electron chi connectivity index (χ3n) is 5.57. The van der Waals surface area contributed by atoms with Gasteiger partial charge in [-0.2, -0.15) is 5.26 Å². The minimum Gasteiger partial charge on any atom is -0.497 e. The Kier molecular flexibility index (Phi) is 6.95. The highest BCUT2D eigenvalue weighted by Gasteiger charge is 2.17. The van der Waals surface area contributed by atoms with Gasteiger partial charge in [0.2, 0.25) is 0 Å². The Labute approximate surface area is 206 Å². The second-order valence-electron chi connectivity index (χ2n) is 7.91. The van der Waals surface area contributed by atoms with Crippen LogP contribution in [-0.2, 0) is 4.79 Å². The van der Waals surface area contributed by atoms with Crippen LogP contribution in [0.3, 0.4) is 0 Å². The molecule has 0 fully saturated rings. The van der Waals surface area contributed by atoms with Crippen molar-refractivity contribution in [3.63, 3.8) is 0 Å². The summed E-state index contributed by atoms with van der Waals surface area (Å²) < 4.78 is 7.29. The summed E-state index contributed by atoms with van der Waals surface area (Å²) in [6, 6.07) is 23.8. The molecule has 0 aliphatic heterocycles. The van der Waals surface area contributed by atoms with Gasteiger partial charge in [0.15, 0.2) is 5.57 Å². The maximum atomic E-state index is 13.5. The molecular weight excluding hydrogens is 458 g/mol. The number of benzene rings is 3. The molecule has 1 N–H and O–H groups in total. The van der Waals surface area contributed by atoms with Gasteiger partial charge in [-0.3, -0.25) is 14.2 Å². The molecule has 1 amide bonds. The first-order chi connectivity index (χ1) is 16.9. The van der Waals surface area contributed by atoms with E-state index in [9.17, 15) is 14.9 Å². The van der Waals surface area contributed by atoms with Crippen molar-refractivity contribution in [2.24, 2.45) is 0 Å². The van der Waals surface area contributed by atoms with E-state index in [0.717, 1.165) is 28.0 Å². The summed E-state index contributed by atoms with van der Waals surface area (Å²) in [5.74, 6) is 0.136. The zero-order chi connectivity index (χ0) is 24.9. The first-order valence-electron chi connectivity index (χ1n) is 10.9. The number of nitrogens with one attached hydrogen (secondary N) is 1. The number of nitrogens with zero attached hydrogens (tertiary/aromatic N) is 2. The Morgan fingerprint density at radius 3 is 2.37 bits per heavy atom. The lowest BCUT2D eigenvalue weighted by Gasteiger charge is -2.07. The molecule has 0 radical (unpaired) electrons. The van der Waals surface area contributed by atoms with Crippen LogP contribution in [0.2, 0.25) is 0 Å². The van der Waals surface area contributed by atoms with E-state index in [1.807, 2.05) is 50.2 Å². The van der Waals surface area contributed by atoms with Gasteiger partial charge in [0.05, 0.1) is 17.3 Å². The van der Waals surface area contributed by atoms with Gasteiger partial charge in [-0.15, -0.1) is 11.3 Å². The van der Waals surface area contributed by atoms with Crippen LogP contribution in [0.5, 0.6) is 5.75 Å². The van der Waals surface area contributed by atoms with E-state index in [4.69, 9.17) is 4.74 Å². The summed E-state index contributed by atoms with van der Waals surface area (Å²) in [6.45, 7) is 3.94. The number of aromatic nitrogens is 1. The molecule has 174 valence electrons. The van der Waals surface area contributed by atoms with E-state index in [1.54, 1.807) is 55.7 Å². The molecule has 6 nitrogen and oxygen atoms in total. The lowest BCUT2D eigenvalue weighted by atomic mass is 10.1. The second-order valence-corrected chi connectivity index (χ2v) is 8.94. The number of amides is 1. The number of aryl methyl sites for hydroxylation is 2. The molecule has 1 heterocycles. The minimum absolute atomic E-state index is 0.136. The summed E-state index contributed by atoms with van der Waals surface area (Å²) in [6.07, 6.45) is 1.74. The van der Waals surface area contributed by atoms with E-state index < -0.39 is 5.91 Å². The van der Waals surface area contributed by atoms with Crippen LogP contribution in [0.15, 0.2) is 77.6 Å². The van der Waals surface area contributed by atoms with Gasteiger partial charge in [0, 0.05) is 5.69 Å². The fraction of sp³-hybridized carbons (Fsp3) is 0.107. The fourth-order valence-corrected chi connectivity index (χ4v) is 4.62. The van der Waals surface area contributed by atoms with E-state index in [2.05, 4.69) is 5.32 Å². The van der Waals surface area contributed by atoms with Crippen molar-refractivity contribution in [3.8, 4) is 17.5 Å². The first kappa shape index (κ1) is 23.7. The van der Waals surface area contributed by atoms with Gasteiger partial charge in [0.1, 0.15) is 16.5 Å². The zero-order valence-corrected chi connectivity index (χ0v) is 20.3. The first-order valence-corrected chi connectivity index (χ1v) is 11.7. The van der Waals surface area contributed by atoms with Gasteiger partial charge in [-0.25, -0.2) is 0 Å². The van der Waals surface area contributed by atoms with Crippen molar-refractivity contribution in [1.29, 1.82) is 5.26 Å². The number of carbonyl (C=O) groups excluding carboxylic acids is 1. The number of rotatable bonds is 5. The topological polar surface area (TPSA) is 84.1 Å². The largest absolute Gasteiger partial charge is 0.497 e. The molecule has 0 aliphatic carbocycles. The Morgan fingerprint density at radius 1 is 1.03 bits per heavy atom. The minimum atomic E-state index is -0.572. The highest BCUT2D eigenvalue weighted by molar-refractivity contribution is 7.07. The number of nitriles is 1. The molecule has 0 aliphatic rings. The Hall–Kier alpha value is -4.41. The van der Waals surface area contributed by atoms with Crippen LogP contribution in [0.1, 0.15) is 16.7 Å². The van der Waals surface area contributed by atoms with Gasteiger partial charge < -0.3 is 10.1 Å². The molecule has 35 heavy (non-hydrogen) atoms. The maximum Gasteiger partial charge on any atom is 0.273 e. The van der Waals surface area contributed by atoms with Gasteiger partial charge in [-0.05, 0) is 73.0 Å². The maximum absolute atomic E-state index is 13.5. The lowest BCUT2D eigenvalue weighted by Crippen LogP contribution is -2.32. The van der Waals surface area contributed by atoms with E-state index in [-0.39, 0.29) is 15.8 Å². The average molecular weight is 482 g/mol. The summed E-state index contributed by atoms with van der Waals surface area (Å²) in [5.41, 5.74) is 3.64. The van der Waals surface area contributed by atoms with Crippen molar-refractivity contribution in [3.05, 3.63) is 109 Å². The smallest absolute Gasteiger partial charge is 0.273 e. The molecule has 1 aromatic heterocycles. The monoisotopic (exact) mass is 481 g/mol. The van der Waals surface area contributed by atoms with Crippen molar-refractivity contribution < 1.29 is 9.53 Å². The zero-order valence-electron chi connectivity index (χ0n) is 19.5. The second kappa shape index (κ2) is 10.2. The predicted molar refractivity (Wildman–Crippen MR) is 139 cm³/mol. The average Bonchev–Trinajstić information content (AvgIpc) is 3.18. The third-order valence-corrected chi connectivity index (χ3v) is 6.66. The number of hydrogen-bond acceptors (Lipinski definition) is 5. The quantitative estimate of drug-likeness (QED) is 0.472. The Balaban J connectivity index is 1.91. The van der Waals surface area contributed by atoms with Gasteiger partial charge >= 0.3 is 0 Å². The third kappa shape index (κ3) is 5.08. The van der Waals surface area contributed by atoms with Crippen LogP contribution >= 0.6 is 11.3 Å². The summed E-state index contributed by atoms with van der Waals surface area (Å²) >= 11 is 1.11. The Morgan fingerprint density at radius 2 is 1.74 bits per heavy atom. The molecule has 0 spiro atoms. The van der Waals surface area contributed by atoms with E-state index in [0.29, 0.717) is 21.7 Å². The number of anilines is 1. The molecule has 4 aromatic rings.